The molecule has 7 heteroatoms. The van der Waals surface area contributed by atoms with Crippen LogP contribution >= 0.6 is 0 Å². The predicted molar refractivity (Wildman–Crippen MR) is 85.5 cm³/mol. The summed E-state index contributed by atoms with van der Waals surface area (Å²) in [5.41, 5.74) is 1.97. The van der Waals surface area contributed by atoms with Crippen LogP contribution < -0.4 is 9.47 Å². The molecule has 1 unspecified atom stereocenters. The van der Waals surface area contributed by atoms with Crippen molar-refractivity contribution < 1.29 is 19.0 Å². The van der Waals surface area contributed by atoms with Crippen LogP contribution in [0.25, 0.3) is 0 Å². The van der Waals surface area contributed by atoms with Gasteiger partial charge in [0.25, 0.3) is 0 Å². The third-order valence-electron chi connectivity index (χ3n) is 3.96. The van der Waals surface area contributed by atoms with Crippen LogP contribution in [0.1, 0.15) is 11.3 Å². The Morgan fingerprint density at radius 2 is 2.08 bits per heavy atom. The molecule has 1 aromatic carbocycles. The van der Waals surface area contributed by atoms with E-state index in [4.69, 9.17) is 9.47 Å². The van der Waals surface area contributed by atoms with Gasteiger partial charge in [0.2, 0.25) is 5.88 Å². The fraction of sp³-hybridized carbons (Fsp3) is 0.412. The maximum Gasteiger partial charge on any atom is 0.220 e. The molecule has 1 atom stereocenters. The van der Waals surface area contributed by atoms with Crippen molar-refractivity contribution in [3.63, 3.8) is 0 Å². The number of rotatable bonds is 6. The minimum Gasteiger partial charge on any atom is -0.491 e. The number of halogens is 1. The summed E-state index contributed by atoms with van der Waals surface area (Å²) in [6, 6.07) is 5.74. The Labute approximate surface area is 139 Å². The van der Waals surface area contributed by atoms with E-state index in [0.717, 1.165) is 24.2 Å². The molecule has 0 saturated heterocycles. The first-order valence-electron chi connectivity index (χ1n) is 7.81. The van der Waals surface area contributed by atoms with Gasteiger partial charge in [-0.25, -0.2) is 14.4 Å². The van der Waals surface area contributed by atoms with Crippen molar-refractivity contribution in [3.8, 4) is 11.6 Å². The van der Waals surface area contributed by atoms with Crippen LogP contribution in [0, 0.1) is 5.82 Å². The minimum atomic E-state index is -0.646. The summed E-state index contributed by atoms with van der Waals surface area (Å²) in [4.78, 5) is 10.5. The van der Waals surface area contributed by atoms with Crippen LogP contribution in [-0.2, 0) is 13.0 Å². The number of hydrogen-bond donors (Lipinski definition) is 1. The fourth-order valence-corrected chi connectivity index (χ4v) is 2.78. The zero-order valence-corrected chi connectivity index (χ0v) is 13.5. The lowest BCUT2D eigenvalue weighted by Crippen LogP contribution is -2.39. The topological polar surface area (TPSA) is 67.7 Å². The van der Waals surface area contributed by atoms with Gasteiger partial charge in [0, 0.05) is 31.6 Å². The quantitative estimate of drug-likeness (QED) is 0.862. The lowest BCUT2D eigenvalue weighted by molar-refractivity contribution is 0.0630. The van der Waals surface area contributed by atoms with Gasteiger partial charge in [-0.1, -0.05) is 0 Å². The number of β-amino-alcohol motifs (C(OH)–C–C–N with tert-alkyl or cyclic N) is 1. The number of methoxy groups -OCH3 is 1. The molecule has 128 valence electrons. The highest BCUT2D eigenvalue weighted by molar-refractivity contribution is 5.31. The van der Waals surface area contributed by atoms with Gasteiger partial charge in [-0.3, -0.25) is 4.90 Å². The van der Waals surface area contributed by atoms with Crippen molar-refractivity contribution in [1.29, 1.82) is 0 Å². The van der Waals surface area contributed by atoms with Gasteiger partial charge >= 0.3 is 0 Å². The third kappa shape index (κ3) is 3.98. The SMILES string of the molecule is COc1ncnc2c1CN(CC(O)COc1ccc(F)cc1)CC2. The number of aromatic nitrogens is 2. The maximum absolute atomic E-state index is 12.8. The van der Waals surface area contributed by atoms with Gasteiger partial charge in [-0.15, -0.1) is 0 Å². The number of aliphatic hydroxyl groups is 1. The Balaban J connectivity index is 1.53. The summed E-state index contributed by atoms with van der Waals surface area (Å²) in [6.07, 6.45) is 1.66. The smallest absolute Gasteiger partial charge is 0.220 e. The molecular weight excluding hydrogens is 313 g/mol. The highest BCUT2D eigenvalue weighted by Gasteiger charge is 2.23. The van der Waals surface area contributed by atoms with Gasteiger partial charge in [0.05, 0.1) is 12.8 Å². The zero-order valence-electron chi connectivity index (χ0n) is 13.5. The molecule has 0 spiro atoms. The zero-order chi connectivity index (χ0) is 16.9. The molecule has 0 aliphatic carbocycles. The second-order valence-corrected chi connectivity index (χ2v) is 5.71. The van der Waals surface area contributed by atoms with Gasteiger partial charge < -0.3 is 14.6 Å². The maximum atomic E-state index is 12.8. The van der Waals surface area contributed by atoms with Crippen LogP contribution in [0.2, 0.25) is 0 Å². The molecule has 3 rings (SSSR count). The van der Waals surface area contributed by atoms with E-state index in [9.17, 15) is 9.50 Å². The van der Waals surface area contributed by atoms with Crippen molar-refractivity contribution in [2.45, 2.75) is 19.1 Å². The van der Waals surface area contributed by atoms with Crippen molar-refractivity contribution >= 4 is 0 Å². The lowest BCUT2D eigenvalue weighted by Gasteiger charge is -2.30. The molecule has 0 saturated carbocycles. The number of hydrogen-bond acceptors (Lipinski definition) is 6. The van der Waals surface area contributed by atoms with Crippen molar-refractivity contribution in [2.75, 3.05) is 26.8 Å². The summed E-state index contributed by atoms with van der Waals surface area (Å²) in [6.45, 7) is 2.06. The highest BCUT2D eigenvalue weighted by atomic mass is 19.1. The van der Waals surface area contributed by atoms with E-state index in [2.05, 4.69) is 14.9 Å². The number of ether oxygens (including phenoxy) is 2. The molecule has 0 amide bonds. The molecule has 6 nitrogen and oxygen atoms in total. The summed E-state index contributed by atoms with van der Waals surface area (Å²) in [7, 11) is 1.59. The van der Waals surface area contributed by atoms with Gasteiger partial charge in [-0.05, 0) is 24.3 Å². The Hall–Kier alpha value is -2.25. The lowest BCUT2D eigenvalue weighted by atomic mass is 10.1. The number of benzene rings is 1. The molecule has 1 aliphatic heterocycles. The number of aliphatic hydroxyl groups excluding tert-OH is 1. The van der Waals surface area contributed by atoms with Crippen molar-refractivity contribution in [2.24, 2.45) is 0 Å². The summed E-state index contributed by atoms with van der Waals surface area (Å²) < 4.78 is 23.6. The molecule has 2 heterocycles. The molecular formula is C17H20FN3O3. The Morgan fingerprint density at radius 3 is 2.83 bits per heavy atom. The van der Waals surface area contributed by atoms with Crippen LogP contribution in [0.15, 0.2) is 30.6 Å². The Morgan fingerprint density at radius 1 is 1.29 bits per heavy atom. The first kappa shape index (κ1) is 16.6. The van der Waals surface area contributed by atoms with Crippen LogP contribution in [0.3, 0.4) is 0 Å². The molecule has 1 aliphatic rings. The molecule has 0 radical (unpaired) electrons. The summed E-state index contributed by atoms with van der Waals surface area (Å²) in [5.74, 6) is 0.808. The van der Waals surface area contributed by atoms with Crippen molar-refractivity contribution in [1.82, 2.24) is 14.9 Å². The van der Waals surface area contributed by atoms with E-state index >= 15 is 0 Å². The molecule has 2 aromatic rings. The largest absolute Gasteiger partial charge is 0.491 e. The van der Waals surface area contributed by atoms with Crippen molar-refractivity contribution in [3.05, 3.63) is 47.7 Å². The van der Waals surface area contributed by atoms with E-state index in [-0.39, 0.29) is 12.4 Å². The first-order chi connectivity index (χ1) is 11.7. The van der Waals surface area contributed by atoms with Gasteiger partial charge in [0.15, 0.2) is 0 Å². The standard InChI is InChI=1S/C17H20FN3O3/c1-23-17-15-9-21(7-6-16(15)19-11-20-17)8-13(22)10-24-14-4-2-12(18)3-5-14/h2-5,11,13,22H,6-10H2,1H3. The Kier molecular flexibility index (Phi) is 5.22. The molecule has 0 fully saturated rings. The van der Waals surface area contributed by atoms with Gasteiger partial charge in [-0.2, -0.15) is 0 Å². The molecule has 24 heavy (non-hydrogen) atoms. The van der Waals surface area contributed by atoms with E-state index in [1.54, 1.807) is 19.2 Å². The van der Waals surface area contributed by atoms with Crippen LogP contribution in [-0.4, -0.2) is 52.9 Å². The minimum absolute atomic E-state index is 0.150. The monoisotopic (exact) mass is 333 g/mol. The van der Waals surface area contributed by atoms with Crippen LogP contribution in [0.4, 0.5) is 4.39 Å². The van der Waals surface area contributed by atoms with E-state index in [1.165, 1.54) is 18.5 Å². The average Bonchev–Trinajstić information content (AvgIpc) is 2.60. The number of nitrogens with zero attached hydrogens (tertiary/aromatic N) is 3. The van der Waals surface area contributed by atoms with Crippen LogP contribution in [0.5, 0.6) is 11.6 Å². The molecule has 1 N–H and O–H groups in total. The second-order valence-electron chi connectivity index (χ2n) is 5.71. The van der Waals surface area contributed by atoms with E-state index in [0.29, 0.717) is 24.7 Å². The Bertz CT molecular complexity index is 667. The predicted octanol–water partition coefficient (Wildman–Crippen LogP) is 1.42. The van der Waals surface area contributed by atoms with E-state index < -0.39 is 6.10 Å². The molecule has 0 bridgehead atoms. The fourth-order valence-electron chi connectivity index (χ4n) is 2.78. The second kappa shape index (κ2) is 7.55. The summed E-state index contributed by atoms with van der Waals surface area (Å²) >= 11 is 0. The highest BCUT2D eigenvalue weighted by Crippen LogP contribution is 2.24. The van der Waals surface area contributed by atoms with Gasteiger partial charge in [0.1, 0.15) is 30.6 Å². The molecule has 1 aromatic heterocycles. The average molecular weight is 333 g/mol. The third-order valence-corrected chi connectivity index (χ3v) is 3.96. The number of fused-ring (bicyclic) bond motifs is 1. The normalized spacial score (nSPS) is 15.6. The first-order valence-corrected chi connectivity index (χ1v) is 7.81. The van der Waals surface area contributed by atoms with E-state index in [1.807, 2.05) is 0 Å². The summed E-state index contributed by atoms with van der Waals surface area (Å²) in [5, 5.41) is 10.2.